The van der Waals surface area contributed by atoms with E-state index in [1.54, 1.807) is 6.07 Å². The molecule has 0 fully saturated rings. The largest absolute Gasteiger partial charge is 0.331 e. The van der Waals surface area contributed by atoms with Crippen molar-refractivity contribution in [2.24, 2.45) is 0 Å². The molecular formula is C15H15N5O. The molecule has 1 unspecified atom stereocenters. The molecule has 2 aromatic carbocycles. The van der Waals surface area contributed by atoms with Gasteiger partial charge >= 0.3 is 6.03 Å². The van der Waals surface area contributed by atoms with Gasteiger partial charge in [-0.3, -0.25) is 0 Å². The van der Waals surface area contributed by atoms with E-state index in [2.05, 4.69) is 26.0 Å². The van der Waals surface area contributed by atoms with E-state index in [0.717, 1.165) is 5.56 Å². The number of carbonyl (C=O) groups excluding carboxylic acids is 1. The quantitative estimate of drug-likeness (QED) is 0.690. The van der Waals surface area contributed by atoms with Gasteiger partial charge in [-0.05, 0) is 24.6 Å². The number of H-pyrrole nitrogens is 1. The van der Waals surface area contributed by atoms with Gasteiger partial charge in [-0.15, -0.1) is 0 Å². The summed E-state index contributed by atoms with van der Waals surface area (Å²) in [5.41, 5.74) is 3.02. The molecule has 0 radical (unpaired) electrons. The van der Waals surface area contributed by atoms with Crippen LogP contribution >= 0.6 is 0 Å². The van der Waals surface area contributed by atoms with Crippen molar-refractivity contribution in [3.8, 4) is 0 Å². The van der Waals surface area contributed by atoms with Crippen LogP contribution in [0.1, 0.15) is 18.5 Å². The van der Waals surface area contributed by atoms with E-state index < -0.39 is 0 Å². The molecule has 21 heavy (non-hydrogen) atoms. The van der Waals surface area contributed by atoms with Crippen LogP contribution in [-0.2, 0) is 0 Å². The van der Waals surface area contributed by atoms with E-state index in [9.17, 15) is 4.79 Å². The van der Waals surface area contributed by atoms with Crippen LogP contribution in [0.3, 0.4) is 0 Å². The summed E-state index contributed by atoms with van der Waals surface area (Å²) in [7, 11) is 0. The van der Waals surface area contributed by atoms with Crippen LogP contribution < -0.4 is 10.6 Å². The van der Waals surface area contributed by atoms with Crippen molar-refractivity contribution in [1.82, 2.24) is 20.7 Å². The summed E-state index contributed by atoms with van der Waals surface area (Å²) in [5.74, 6) is 0. The van der Waals surface area contributed by atoms with Crippen molar-refractivity contribution >= 4 is 22.8 Å². The lowest BCUT2D eigenvalue weighted by molar-refractivity contribution is 0.249. The molecule has 3 rings (SSSR count). The summed E-state index contributed by atoms with van der Waals surface area (Å²) >= 11 is 0. The zero-order valence-electron chi connectivity index (χ0n) is 11.5. The molecule has 2 amide bonds. The highest BCUT2D eigenvalue weighted by atomic mass is 16.2. The number of aromatic amines is 1. The molecule has 0 aliphatic heterocycles. The van der Waals surface area contributed by atoms with Gasteiger partial charge < -0.3 is 10.6 Å². The molecule has 0 saturated carbocycles. The average molecular weight is 281 g/mol. The standard InChI is InChI=1S/C15H15N5O/c1-10(11-6-3-2-4-7-11)16-15(21)17-12-8-5-9-13-14(12)19-20-18-13/h2-10H,1H3,(H2,16,17,21)(H,18,19,20). The second kappa shape index (κ2) is 5.62. The Morgan fingerprint density at radius 1 is 1.10 bits per heavy atom. The zero-order chi connectivity index (χ0) is 14.7. The summed E-state index contributed by atoms with van der Waals surface area (Å²) in [5, 5.41) is 16.3. The second-order valence-electron chi connectivity index (χ2n) is 4.73. The van der Waals surface area contributed by atoms with Crippen molar-refractivity contribution < 1.29 is 4.79 Å². The number of aromatic nitrogens is 3. The molecule has 0 aliphatic rings. The molecule has 6 heteroatoms. The lowest BCUT2D eigenvalue weighted by Gasteiger charge is -2.15. The smallest absolute Gasteiger partial charge is 0.319 e. The summed E-state index contributed by atoms with van der Waals surface area (Å²) in [6.45, 7) is 1.94. The minimum absolute atomic E-state index is 0.0808. The van der Waals surface area contributed by atoms with E-state index in [4.69, 9.17) is 0 Å². The summed E-state index contributed by atoms with van der Waals surface area (Å²) in [4.78, 5) is 12.1. The van der Waals surface area contributed by atoms with Crippen LogP contribution in [0.5, 0.6) is 0 Å². The number of para-hydroxylation sites is 1. The minimum atomic E-state index is -0.276. The average Bonchev–Trinajstić information content (AvgIpc) is 2.97. The molecule has 0 bridgehead atoms. The lowest BCUT2D eigenvalue weighted by Crippen LogP contribution is -2.31. The number of carbonyl (C=O) groups is 1. The Bertz CT molecular complexity index is 753. The van der Waals surface area contributed by atoms with Crippen LogP contribution in [-0.4, -0.2) is 21.4 Å². The highest BCUT2D eigenvalue weighted by Crippen LogP contribution is 2.19. The number of urea groups is 1. The maximum atomic E-state index is 12.1. The first kappa shape index (κ1) is 13.1. The summed E-state index contributed by atoms with van der Waals surface area (Å²) < 4.78 is 0. The number of fused-ring (bicyclic) bond motifs is 1. The van der Waals surface area contributed by atoms with E-state index in [1.165, 1.54) is 0 Å². The lowest BCUT2D eigenvalue weighted by atomic mass is 10.1. The van der Waals surface area contributed by atoms with Crippen molar-refractivity contribution in [1.29, 1.82) is 0 Å². The van der Waals surface area contributed by atoms with Gasteiger partial charge in [-0.2, -0.15) is 15.4 Å². The van der Waals surface area contributed by atoms with E-state index >= 15 is 0 Å². The molecule has 0 aliphatic carbocycles. The summed E-state index contributed by atoms with van der Waals surface area (Å²) in [6, 6.07) is 14.9. The van der Waals surface area contributed by atoms with Crippen LogP contribution in [0.2, 0.25) is 0 Å². The Morgan fingerprint density at radius 2 is 1.90 bits per heavy atom. The Labute approximate surface area is 121 Å². The fourth-order valence-corrected chi connectivity index (χ4v) is 2.15. The van der Waals surface area contributed by atoms with Crippen molar-refractivity contribution in [2.45, 2.75) is 13.0 Å². The maximum absolute atomic E-state index is 12.1. The maximum Gasteiger partial charge on any atom is 0.319 e. The fourth-order valence-electron chi connectivity index (χ4n) is 2.15. The van der Waals surface area contributed by atoms with Crippen LogP contribution in [0, 0.1) is 0 Å². The SMILES string of the molecule is CC(NC(=O)Nc1cccc2n[nH]nc12)c1ccccc1. The molecule has 1 atom stereocenters. The number of nitrogens with zero attached hydrogens (tertiary/aromatic N) is 2. The van der Waals surface area contributed by atoms with Gasteiger partial charge in [-0.1, -0.05) is 36.4 Å². The number of benzene rings is 2. The highest BCUT2D eigenvalue weighted by molar-refractivity contribution is 5.98. The van der Waals surface area contributed by atoms with Crippen LogP contribution in [0.4, 0.5) is 10.5 Å². The van der Waals surface area contributed by atoms with Gasteiger partial charge in [0.15, 0.2) is 0 Å². The van der Waals surface area contributed by atoms with E-state index in [0.29, 0.717) is 16.7 Å². The Kier molecular flexibility index (Phi) is 3.51. The van der Waals surface area contributed by atoms with Crippen molar-refractivity contribution in [2.75, 3.05) is 5.32 Å². The van der Waals surface area contributed by atoms with Crippen LogP contribution in [0.25, 0.3) is 11.0 Å². The number of anilines is 1. The van der Waals surface area contributed by atoms with Crippen molar-refractivity contribution in [3.05, 3.63) is 54.1 Å². The van der Waals surface area contributed by atoms with Gasteiger partial charge in [0.05, 0.1) is 11.7 Å². The molecule has 0 spiro atoms. The molecule has 1 heterocycles. The predicted molar refractivity (Wildman–Crippen MR) is 80.9 cm³/mol. The number of amides is 2. The van der Waals surface area contributed by atoms with Gasteiger partial charge in [0.25, 0.3) is 0 Å². The molecule has 1 aromatic heterocycles. The molecule has 3 N–H and O–H groups in total. The van der Waals surface area contributed by atoms with E-state index in [-0.39, 0.29) is 12.1 Å². The highest BCUT2D eigenvalue weighted by Gasteiger charge is 2.11. The van der Waals surface area contributed by atoms with E-state index in [1.807, 2.05) is 49.4 Å². The predicted octanol–water partition coefficient (Wildman–Crippen LogP) is 2.84. The Balaban J connectivity index is 1.71. The minimum Gasteiger partial charge on any atom is -0.331 e. The van der Waals surface area contributed by atoms with Gasteiger partial charge in [-0.25, -0.2) is 4.79 Å². The number of nitrogens with one attached hydrogen (secondary N) is 3. The molecule has 6 nitrogen and oxygen atoms in total. The second-order valence-corrected chi connectivity index (χ2v) is 4.73. The molecule has 3 aromatic rings. The number of rotatable bonds is 3. The summed E-state index contributed by atoms with van der Waals surface area (Å²) in [6.07, 6.45) is 0. The number of hydrogen-bond acceptors (Lipinski definition) is 3. The van der Waals surface area contributed by atoms with Gasteiger partial charge in [0.2, 0.25) is 0 Å². The fraction of sp³-hybridized carbons (Fsp3) is 0.133. The molecule has 106 valence electrons. The third-order valence-electron chi connectivity index (χ3n) is 3.24. The topological polar surface area (TPSA) is 82.7 Å². The van der Waals surface area contributed by atoms with Crippen molar-refractivity contribution in [3.63, 3.8) is 0 Å². The normalized spacial score (nSPS) is 12.0. The molecular weight excluding hydrogens is 266 g/mol. The zero-order valence-corrected chi connectivity index (χ0v) is 11.5. The Morgan fingerprint density at radius 3 is 2.71 bits per heavy atom. The number of hydrogen-bond donors (Lipinski definition) is 3. The van der Waals surface area contributed by atoms with Crippen LogP contribution in [0.15, 0.2) is 48.5 Å². The van der Waals surface area contributed by atoms with Gasteiger partial charge in [0, 0.05) is 0 Å². The molecule has 0 saturated heterocycles. The third kappa shape index (κ3) is 2.84. The monoisotopic (exact) mass is 281 g/mol. The first-order valence-electron chi connectivity index (χ1n) is 6.66. The van der Waals surface area contributed by atoms with Gasteiger partial charge in [0.1, 0.15) is 11.0 Å². The first-order valence-corrected chi connectivity index (χ1v) is 6.66. The third-order valence-corrected chi connectivity index (χ3v) is 3.24. The Hall–Kier alpha value is -2.89. The first-order chi connectivity index (χ1) is 10.2.